The SMILES string of the molecule is CCOC(=O)Oc1cn(C2CCCCC2)c2cc(/C=C/c3cc(Cc4cnc(N)nc4N)cc(OC)c3OC)ccc2c1=O. The van der Waals surface area contributed by atoms with Crippen molar-refractivity contribution in [1.29, 1.82) is 0 Å². The van der Waals surface area contributed by atoms with Crippen LogP contribution in [0.2, 0.25) is 0 Å². The maximum absolute atomic E-state index is 13.4. The first kappa shape index (κ1) is 30.4. The lowest BCUT2D eigenvalue weighted by Gasteiger charge is -2.27. The second-order valence-corrected chi connectivity index (χ2v) is 10.7. The molecule has 0 amide bonds. The number of carbonyl (C=O) groups excluding carboxylic acids is 1. The molecule has 2 heterocycles. The zero-order valence-corrected chi connectivity index (χ0v) is 25.2. The van der Waals surface area contributed by atoms with Gasteiger partial charge in [0.15, 0.2) is 17.2 Å². The van der Waals surface area contributed by atoms with Crippen molar-refractivity contribution in [1.82, 2.24) is 14.5 Å². The summed E-state index contributed by atoms with van der Waals surface area (Å²) in [5, 5.41) is 0.471. The van der Waals surface area contributed by atoms with E-state index in [9.17, 15) is 9.59 Å². The van der Waals surface area contributed by atoms with E-state index in [1.165, 1.54) is 6.42 Å². The first-order valence-electron chi connectivity index (χ1n) is 14.6. The van der Waals surface area contributed by atoms with Crippen molar-refractivity contribution < 1.29 is 23.7 Å². The number of nitrogens with zero attached hydrogens (tertiary/aromatic N) is 3. The lowest BCUT2D eigenvalue weighted by atomic mass is 9.94. The predicted octanol–water partition coefficient (Wildman–Crippen LogP) is 5.77. The molecule has 0 spiro atoms. The van der Waals surface area contributed by atoms with Crippen LogP contribution in [-0.2, 0) is 11.2 Å². The smallest absolute Gasteiger partial charge is 0.493 e. The molecule has 4 aromatic rings. The lowest BCUT2D eigenvalue weighted by Crippen LogP contribution is -2.21. The number of rotatable bonds is 9. The molecule has 4 N–H and O–H groups in total. The molecule has 230 valence electrons. The van der Waals surface area contributed by atoms with E-state index in [-0.39, 0.29) is 29.8 Å². The third kappa shape index (κ3) is 6.61. The molecule has 11 nitrogen and oxygen atoms in total. The molecule has 0 radical (unpaired) electrons. The van der Waals surface area contributed by atoms with Crippen LogP contribution in [0.1, 0.15) is 67.3 Å². The highest BCUT2D eigenvalue weighted by Crippen LogP contribution is 2.36. The number of aromatic nitrogens is 3. The van der Waals surface area contributed by atoms with E-state index in [4.69, 9.17) is 30.4 Å². The van der Waals surface area contributed by atoms with E-state index in [2.05, 4.69) is 14.5 Å². The van der Waals surface area contributed by atoms with Gasteiger partial charge in [0.05, 0.1) is 32.5 Å². The van der Waals surface area contributed by atoms with Gasteiger partial charge in [0.2, 0.25) is 11.4 Å². The number of anilines is 2. The number of methoxy groups -OCH3 is 2. The van der Waals surface area contributed by atoms with Gasteiger partial charge < -0.3 is 35.0 Å². The molecule has 0 saturated heterocycles. The van der Waals surface area contributed by atoms with Gasteiger partial charge in [-0.25, -0.2) is 9.78 Å². The summed E-state index contributed by atoms with van der Waals surface area (Å²) in [5.74, 6) is 1.55. The minimum Gasteiger partial charge on any atom is -0.493 e. The third-order valence-corrected chi connectivity index (χ3v) is 7.78. The summed E-state index contributed by atoms with van der Waals surface area (Å²) in [7, 11) is 3.18. The van der Waals surface area contributed by atoms with Crippen LogP contribution >= 0.6 is 0 Å². The van der Waals surface area contributed by atoms with Crippen LogP contribution in [0.5, 0.6) is 17.2 Å². The van der Waals surface area contributed by atoms with E-state index in [0.29, 0.717) is 29.1 Å². The zero-order chi connectivity index (χ0) is 31.2. The molecular weight excluding hydrogens is 562 g/mol. The molecule has 2 aromatic carbocycles. The maximum Gasteiger partial charge on any atom is 0.514 e. The highest BCUT2D eigenvalue weighted by atomic mass is 16.7. The Bertz CT molecular complexity index is 1760. The molecule has 0 bridgehead atoms. The predicted molar refractivity (Wildman–Crippen MR) is 170 cm³/mol. The Kier molecular flexibility index (Phi) is 9.32. The fraction of sp³-hybridized carbons (Fsp3) is 0.333. The van der Waals surface area contributed by atoms with E-state index in [1.54, 1.807) is 39.6 Å². The average molecular weight is 600 g/mol. The van der Waals surface area contributed by atoms with Gasteiger partial charge in [0, 0.05) is 35.2 Å². The molecule has 0 atom stereocenters. The second kappa shape index (κ2) is 13.5. The summed E-state index contributed by atoms with van der Waals surface area (Å²) >= 11 is 0. The second-order valence-electron chi connectivity index (χ2n) is 10.7. The van der Waals surface area contributed by atoms with Crippen LogP contribution in [0.4, 0.5) is 16.6 Å². The Balaban J connectivity index is 1.54. The van der Waals surface area contributed by atoms with Gasteiger partial charge in [-0.3, -0.25) is 4.79 Å². The van der Waals surface area contributed by atoms with E-state index < -0.39 is 6.16 Å². The van der Waals surface area contributed by atoms with Gasteiger partial charge in [0.25, 0.3) is 0 Å². The molecule has 1 fully saturated rings. The molecule has 1 aliphatic carbocycles. The molecule has 0 aliphatic heterocycles. The monoisotopic (exact) mass is 599 g/mol. The molecule has 11 heteroatoms. The fourth-order valence-corrected chi connectivity index (χ4v) is 5.67. The first-order valence-corrected chi connectivity index (χ1v) is 14.6. The Labute approximate surface area is 255 Å². The van der Waals surface area contributed by atoms with Crippen LogP contribution in [0.3, 0.4) is 0 Å². The van der Waals surface area contributed by atoms with Crippen LogP contribution < -0.4 is 31.1 Å². The summed E-state index contributed by atoms with van der Waals surface area (Å²) in [6.45, 7) is 1.84. The van der Waals surface area contributed by atoms with Crippen molar-refractivity contribution in [3.8, 4) is 17.2 Å². The van der Waals surface area contributed by atoms with E-state index in [0.717, 1.165) is 53.5 Å². The van der Waals surface area contributed by atoms with Crippen molar-refractivity contribution >= 4 is 41.0 Å². The van der Waals surface area contributed by atoms with Crippen molar-refractivity contribution in [2.45, 2.75) is 51.5 Å². The fourth-order valence-electron chi connectivity index (χ4n) is 5.67. The quantitative estimate of drug-likeness (QED) is 0.179. The normalized spacial score (nSPS) is 13.7. The number of fused-ring (bicyclic) bond motifs is 1. The highest BCUT2D eigenvalue weighted by molar-refractivity contribution is 5.85. The van der Waals surface area contributed by atoms with Gasteiger partial charge in [-0.1, -0.05) is 37.5 Å². The topological polar surface area (TPSA) is 154 Å². The lowest BCUT2D eigenvalue weighted by molar-refractivity contribution is 0.103. The number of hydrogen-bond donors (Lipinski definition) is 2. The zero-order valence-electron chi connectivity index (χ0n) is 25.2. The van der Waals surface area contributed by atoms with Crippen LogP contribution in [0.25, 0.3) is 23.1 Å². The van der Waals surface area contributed by atoms with Crippen LogP contribution in [-0.4, -0.2) is 41.5 Å². The number of ether oxygens (including phenoxy) is 4. The van der Waals surface area contributed by atoms with Crippen LogP contribution in [0.15, 0.2) is 47.5 Å². The molecule has 0 unspecified atom stereocenters. The number of nitrogen functional groups attached to an aromatic ring is 2. The molecule has 1 saturated carbocycles. The van der Waals surface area contributed by atoms with Crippen molar-refractivity contribution in [3.63, 3.8) is 0 Å². The number of pyridine rings is 1. The summed E-state index contributed by atoms with van der Waals surface area (Å²) in [4.78, 5) is 33.6. The minimum absolute atomic E-state index is 0.0365. The molecule has 2 aromatic heterocycles. The summed E-state index contributed by atoms with van der Waals surface area (Å²) < 4.78 is 23.7. The van der Waals surface area contributed by atoms with Crippen molar-refractivity contribution in [2.24, 2.45) is 0 Å². The molecular formula is C33H37N5O6. The molecule has 1 aliphatic rings. The van der Waals surface area contributed by atoms with E-state index in [1.807, 2.05) is 36.4 Å². The summed E-state index contributed by atoms with van der Waals surface area (Å²) in [6, 6.07) is 9.68. The summed E-state index contributed by atoms with van der Waals surface area (Å²) in [6.07, 6.45) is 12.1. The van der Waals surface area contributed by atoms with Crippen molar-refractivity contribution in [3.05, 3.63) is 75.2 Å². The maximum atomic E-state index is 13.4. The van der Waals surface area contributed by atoms with Gasteiger partial charge in [0.1, 0.15) is 5.82 Å². The van der Waals surface area contributed by atoms with E-state index >= 15 is 0 Å². The number of carbonyl (C=O) groups is 1. The Morgan fingerprint density at radius 1 is 1.05 bits per heavy atom. The van der Waals surface area contributed by atoms with Gasteiger partial charge >= 0.3 is 6.16 Å². The number of hydrogen-bond acceptors (Lipinski definition) is 10. The van der Waals surface area contributed by atoms with Gasteiger partial charge in [-0.05, 0) is 55.2 Å². The Morgan fingerprint density at radius 3 is 2.55 bits per heavy atom. The average Bonchev–Trinajstić information content (AvgIpc) is 3.02. The number of benzene rings is 2. The first-order chi connectivity index (χ1) is 21.3. The standard InChI is InChI=1S/C33H37N5O6/c1-4-43-33(40)44-28-19-38(24-8-6-5-7-9-24)26-16-20(11-13-25(26)29(28)39)10-12-22-14-21(17-27(41-2)30(22)42-3)15-23-18-36-32(35)37-31(23)34/h10-14,16-19,24H,4-9,15H2,1-3H3,(H4,34,35,36,37)/b12-10+. The molecule has 5 rings (SSSR count). The van der Waals surface area contributed by atoms with Crippen LogP contribution in [0, 0.1) is 0 Å². The Morgan fingerprint density at radius 2 is 1.84 bits per heavy atom. The Hall–Kier alpha value is -5.06. The van der Waals surface area contributed by atoms with Crippen molar-refractivity contribution in [2.75, 3.05) is 32.3 Å². The summed E-state index contributed by atoms with van der Waals surface area (Å²) in [5.41, 5.74) is 15.5. The number of nitrogens with two attached hydrogens (primary N) is 2. The van der Waals surface area contributed by atoms with Gasteiger partial charge in [-0.15, -0.1) is 0 Å². The third-order valence-electron chi connectivity index (χ3n) is 7.78. The largest absolute Gasteiger partial charge is 0.514 e. The molecule has 44 heavy (non-hydrogen) atoms. The minimum atomic E-state index is -0.892. The highest BCUT2D eigenvalue weighted by Gasteiger charge is 2.21. The van der Waals surface area contributed by atoms with Gasteiger partial charge in [-0.2, -0.15) is 4.98 Å².